The Morgan fingerprint density at radius 2 is 1.94 bits per heavy atom. The summed E-state index contributed by atoms with van der Waals surface area (Å²) in [4.78, 5) is 0. The maximum absolute atomic E-state index is 3.57. The molecule has 0 aliphatic carbocycles. The van der Waals surface area contributed by atoms with Gasteiger partial charge in [0.2, 0.25) is 0 Å². The molecule has 0 saturated carbocycles. The summed E-state index contributed by atoms with van der Waals surface area (Å²) in [6.07, 6.45) is 5.28. The average molecular weight is 377 g/mol. The first-order valence-corrected chi connectivity index (χ1v) is 8.40. The molecule has 1 rings (SSSR count). The monoisotopic (exact) mass is 375 g/mol. The predicted octanol–water partition coefficient (Wildman–Crippen LogP) is 5.52. The van der Waals surface area contributed by atoms with Crippen molar-refractivity contribution in [3.8, 4) is 0 Å². The van der Waals surface area contributed by atoms with Crippen LogP contribution >= 0.6 is 31.9 Å². The van der Waals surface area contributed by atoms with Crippen LogP contribution in [0.2, 0.25) is 0 Å². The summed E-state index contributed by atoms with van der Waals surface area (Å²) in [6, 6.07) is 6.43. The average Bonchev–Trinajstić information content (AvgIpc) is 2.37. The molecule has 18 heavy (non-hydrogen) atoms. The lowest BCUT2D eigenvalue weighted by molar-refractivity contribution is 0.419. The molecule has 0 aromatic heterocycles. The fourth-order valence-electron chi connectivity index (χ4n) is 2.01. The Bertz CT molecular complexity index is 352. The van der Waals surface area contributed by atoms with Gasteiger partial charge in [-0.1, -0.05) is 39.2 Å². The molecule has 0 saturated heterocycles. The summed E-state index contributed by atoms with van der Waals surface area (Å²) < 4.78 is 2.24. The maximum Gasteiger partial charge on any atom is 0.0320 e. The van der Waals surface area contributed by atoms with Crippen molar-refractivity contribution >= 4 is 31.9 Å². The van der Waals surface area contributed by atoms with E-state index in [1.165, 1.54) is 31.2 Å². The molecule has 0 bridgehead atoms. The van der Waals surface area contributed by atoms with E-state index >= 15 is 0 Å². The van der Waals surface area contributed by atoms with E-state index in [1.54, 1.807) is 0 Å². The molecule has 1 unspecified atom stereocenters. The summed E-state index contributed by atoms with van der Waals surface area (Å²) in [5.41, 5.74) is 1.33. The van der Waals surface area contributed by atoms with Gasteiger partial charge in [-0.25, -0.2) is 0 Å². The van der Waals surface area contributed by atoms with E-state index in [0.717, 1.165) is 28.0 Å². The first kappa shape index (κ1) is 16.2. The molecule has 1 N–H and O–H groups in total. The molecule has 0 radical (unpaired) electrons. The van der Waals surface area contributed by atoms with Crippen molar-refractivity contribution < 1.29 is 0 Å². The molecule has 0 aliphatic heterocycles. The van der Waals surface area contributed by atoms with Crippen LogP contribution in [0.15, 0.2) is 27.1 Å². The van der Waals surface area contributed by atoms with Gasteiger partial charge < -0.3 is 5.32 Å². The largest absolute Gasteiger partial charge is 0.312 e. The lowest BCUT2D eigenvalue weighted by Crippen LogP contribution is -2.22. The van der Waals surface area contributed by atoms with Crippen molar-refractivity contribution in [2.24, 2.45) is 5.92 Å². The summed E-state index contributed by atoms with van der Waals surface area (Å²) in [5, 5.41) is 3.57. The Hall–Kier alpha value is 0.140. The zero-order valence-electron chi connectivity index (χ0n) is 11.3. The van der Waals surface area contributed by atoms with Crippen LogP contribution in [0.1, 0.15) is 45.1 Å². The van der Waals surface area contributed by atoms with Crippen LogP contribution in [0.25, 0.3) is 0 Å². The van der Waals surface area contributed by atoms with Gasteiger partial charge in [0.05, 0.1) is 0 Å². The molecular weight excluding hydrogens is 354 g/mol. The normalized spacial score (nSPS) is 12.7. The summed E-state index contributed by atoms with van der Waals surface area (Å²) >= 11 is 7.03. The zero-order valence-corrected chi connectivity index (χ0v) is 14.5. The lowest BCUT2D eigenvalue weighted by Gasteiger charge is -2.15. The second-order valence-corrected chi connectivity index (χ2v) is 6.50. The van der Waals surface area contributed by atoms with Crippen molar-refractivity contribution in [3.63, 3.8) is 0 Å². The smallest absolute Gasteiger partial charge is 0.0320 e. The Balaban J connectivity index is 2.33. The van der Waals surface area contributed by atoms with Crippen molar-refractivity contribution in [2.75, 3.05) is 6.54 Å². The molecule has 1 aromatic carbocycles. The third-order valence-corrected chi connectivity index (χ3v) is 5.17. The first-order valence-electron chi connectivity index (χ1n) is 6.82. The summed E-state index contributed by atoms with van der Waals surface area (Å²) in [6.45, 7) is 6.64. The van der Waals surface area contributed by atoms with E-state index in [-0.39, 0.29) is 0 Å². The third kappa shape index (κ3) is 5.85. The van der Waals surface area contributed by atoms with Gasteiger partial charge >= 0.3 is 0 Å². The Kier molecular flexibility index (Phi) is 8.20. The quantitative estimate of drug-likeness (QED) is 0.629. The van der Waals surface area contributed by atoms with Crippen LogP contribution in [0.4, 0.5) is 0 Å². The van der Waals surface area contributed by atoms with Crippen LogP contribution in [0.5, 0.6) is 0 Å². The molecule has 1 atom stereocenters. The fraction of sp³-hybridized carbons (Fsp3) is 0.600. The lowest BCUT2D eigenvalue weighted by atomic mass is 9.99. The predicted molar refractivity (Wildman–Crippen MR) is 86.9 cm³/mol. The number of nitrogens with one attached hydrogen (secondary N) is 1. The highest BCUT2D eigenvalue weighted by atomic mass is 79.9. The number of benzene rings is 1. The minimum absolute atomic E-state index is 0.823. The second-order valence-electron chi connectivity index (χ2n) is 4.80. The van der Waals surface area contributed by atoms with Gasteiger partial charge in [-0.15, -0.1) is 0 Å². The van der Waals surface area contributed by atoms with E-state index in [4.69, 9.17) is 0 Å². The minimum atomic E-state index is 0.823. The number of unbranched alkanes of at least 4 members (excludes halogenated alkanes) is 1. The van der Waals surface area contributed by atoms with Crippen LogP contribution in [-0.4, -0.2) is 6.54 Å². The molecule has 0 aliphatic rings. The number of hydrogen-bond donors (Lipinski definition) is 1. The minimum Gasteiger partial charge on any atom is -0.312 e. The topological polar surface area (TPSA) is 12.0 Å². The highest BCUT2D eigenvalue weighted by molar-refractivity contribution is 9.13. The Morgan fingerprint density at radius 1 is 1.17 bits per heavy atom. The van der Waals surface area contributed by atoms with Gasteiger partial charge in [0.15, 0.2) is 0 Å². The van der Waals surface area contributed by atoms with Crippen LogP contribution < -0.4 is 5.32 Å². The van der Waals surface area contributed by atoms with E-state index in [9.17, 15) is 0 Å². The van der Waals surface area contributed by atoms with Crippen LogP contribution in [0, 0.1) is 5.92 Å². The van der Waals surface area contributed by atoms with Gasteiger partial charge in [0.25, 0.3) is 0 Å². The number of halogens is 2. The molecule has 1 nitrogen and oxygen atoms in total. The molecule has 0 fully saturated rings. The van der Waals surface area contributed by atoms with Gasteiger partial charge in [-0.2, -0.15) is 0 Å². The van der Waals surface area contributed by atoms with Gasteiger partial charge in [-0.3, -0.25) is 0 Å². The fourth-order valence-corrected chi connectivity index (χ4v) is 2.69. The standard InChI is InChI=1S/C15H23Br2N/c1-3-5-6-12(4-2)10-18-11-13-7-8-14(16)15(17)9-13/h7-9,12,18H,3-6,10-11H2,1-2H3. The third-order valence-electron chi connectivity index (χ3n) is 3.29. The molecule has 102 valence electrons. The number of rotatable bonds is 8. The van der Waals surface area contributed by atoms with Crippen molar-refractivity contribution in [3.05, 3.63) is 32.7 Å². The molecule has 1 aromatic rings. The van der Waals surface area contributed by atoms with Crippen molar-refractivity contribution in [2.45, 2.75) is 46.1 Å². The SMILES string of the molecule is CCCCC(CC)CNCc1ccc(Br)c(Br)c1. The Labute approximate surface area is 128 Å². The summed E-state index contributed by atoms with van der Waals surface area (Å²) in [7, 11) is 0. The highest BCUT2D eigenvalue weighted by Gasteiger charge is 2.05. The number of hydrogen-bond acceptors (Lipinski definition) is 1. The molecule has 0 heterocycles. The highest BCUT2D eigenvalue weighted by Crippen LogP contribution is 2.23. The maximum atomic E-state index is 3.57. The molecule has 3 heteroatoms. The molecular formula is C15H23Br2N. The summed E-state index contributed by atoms with van der Waals surface area (Å²) in [5.74, 6) is 0.823. The first-order chi connectivity index (χ1) is 8.67. The van der Waals surface area contributed by atoms with E-state index in [2.05, 4.69) is 69.2 Å². The van der Waals surface area contributed by atoms with E-state index < -0.39 is 0 Å². The second kappa shape index (κ2) is 9.11. The molecule has 0 amide bonds. The van der Waals surface area contributed by atoms with Crippen LogP contribution in [0.3, 0.4) is 0 Å². The van der Waals surface area contributed by atoms with Crippen molar-refractivity contribution in [1.82, 2.24) is 5.32 Å². The van der Waals surface area contributed by atoms with Crippen molar-refractivity contribution in [1.29, 1.82) is 0 Å². The van der Waals surface area contributed by atoms with E-state index in [1.807, 2.05) is 0 Å². The molecule has 0 spiro atoms. The van der Waals surface area contributed by atoms with E-state index in [0.29, 0.717) is 0 Å². The zero-order chi connectivity index (χ0) is 13.4. The Morgan fingerprint density at radius 3 is 2.56 bits per heavy atom. The van der Waals surface area contributed by atoms with Gasteiger partial charge in [0.1, 0.15) is 0 Å². The van der Waals surface area contributed by atoms with Gasteiger partial charge in [0, 0.05) is 15.5 Å². The van der Waals surface area contributed by atoms with Crippen LogP contribution in [-0.2, 0) is 6.54 Å². The van der Waals surface area contributed by atoms with Gasteiger partial charge in [-0.05, 0) is 68.4 Å².